The standard InChI is InChI=1S/C9H9F4NO5S2/c10-4-6(12)9(21(14,18)19)7(13)5(11)8(4)20(16,17)3-1-2-15/h15H,1-3H2,(H2,14,18,19). The third kappa shape index (κ3) is 3.33. The van der Waals surface area contributed by atoms with Crippen LogP contribution >= 0.6 is 0 Å². The fraction of sp³-hybridized carbons (Fsp3) is 0.333. The van der Waals surface area contributed by atoms with E-state index in [2.05, 4.69) is 5.14 Å². The van der Waals surface area contributed by atoms with Crippen LogP contribution in [0.2, 0.25) is 0 Å². The lowest BCUT2D eigenvalue weighted by Crippen LogP contribution is -2.22. The van der Waals surface area contributed by atoms with Gasteiger partial charge in [0, 0.05) is 6.61 Å². The molecule has 0 spiro atoms. The summed E-state index contributed by atoms with van der Waals surface area (Å²) >= 11 is 0. The van der Waals surface area contributed by atoms with Crippen LogP contribution in [0.3, 0.4) is 0 Å². The van der Waals surface area contributed by atoms with E-state index in [1.54, 1.807) is 0 Å². The molecule has 3 N–H and O–H groups in total. The van der Waals surface area contributed by atoms with Crippen LogP contribution in [0.1, 0.15) is 6.42 Å². The summed E-state index contributed by atoms with van der Waals surface area (Å²) < 4.78 is 99.2. The number of hydrogen-bond donors (Lipinski definition) is 2. The molecular weight excluding hydrogens is 342 g/mol. The number of nitrogens with two attached hydrogens (primary N) is 1. The molecule has 0 fully saturated rings. The van der Waals surface area contributed by atoms with Crippen LogP contribution in [0.4, 0.5) is 17.6 Å². The van der Waals surface area contributed by atoms with E-state index in [4.69, 9.17) is 5.11 Å². The van der Waals surface area contributed by atoms with E-state index in [1.165, 1.54) is 0 Å². The van der Waals surface area contributed by atoms with Crippen molar-refractivity contribution in [2.45, 2.75) is 16.2 Å². The number of rotatable bonds is 5. The van der Waals surface area contributed by atoms with Crippen LogP contribution in [0.5, 0.6) is 0 Å². The van der Waals surface area contributed by atoms with Crippen molar-refractivity contribution in [3.05, 3.63) is 23.3 Å². The zero-order valence-electron chi connectivity index (χ0n) is 10.1. The Bertz CT molecular complexity index is 747. The van der Waals surface area contributed by atoms with Gasteiger partial charge in [-0.05, 0) is 6.42 Å². The van der Waals surface area contributed by atoms with Crippen molar-refractivity contribution in [3.63, 3.8) is 0 Å². The first-order valence-electron chi connectivity index (χ1n) is 5.17. The topological polar surface area (TPSA) is 115 Å². The number of aliphatic hydroxyl groups is 1. The molecule has 0 atom stereocenters. The molecule has 0 radical (unpaired) electrons. The van der Waals surface area contributed by atoms with E-state index < -0.39 is 71.7 Å². The number of primary sulfonamides is 1. The minimum Gasteiger partial charge on any atom is -0.396 e. The predicted octanol–water partition coefficient (Wildman–Crippen LogP) is 0.0465. The monoisotopic (exact) mass is 351 g/mol. The van der Waals surface area contributed by atoms with Crippen LogP contribution < -0.4 is 5.14 Å². The van der Waals surface area contributed by atoms with Crippen LogP contribution in [0.15, 0.2) is 9.79 Å². The van der Waals surface area contributed by atoms with Gasteiger partial charge in [0.15, 0.2) is 38.0 Å². The van der Waals surface area contributed by atoms with Crippen LogP contribution in [-0.2, 0) is 19.9 Å². The molecule has 1 rings (SSSR count). The molecule has 1 aromatic carbocycles. The number of hydrogen-bond acceptors (Lipinski definition) is 5. The van der Waals surface area contributed by atoms with Gasteiger partial charge in [0.05, 0.1) is 5.75 Å². The van der Waals surface area contributed by atoms with E-state index in [1.807, 2.05) is 0 Å². The zero-order valence-corrected chi connectivity index (χ0v) is 11.7. The molecule has 0 saturated heterocycles. The largest absolute Gasteiger partial charge is 0.396 e. The summed E-state index contributed by atoms with van der Waals surface area (Å²) in [6.45, 7) is -0.650. The second-order valence-electron chi connectivity index (χ2n) is 3.86. The molecule has 1 aromatic rings. The van der Waals surface area contributed by atoms with Gasteiger partial charge < -0.3 is 5.11 Å². The lowest BCUT2D eigenvalue weighted by molar-refractivity contribution is 0.295. The van der Waals surface area contributed by atoms with Gasteiger partial charge in [-0.1, -0.05) is 0 Å². The van der Waals surface area contributed by atoms with Crippen LogP contribution in [0, 0.1) is 23.3 Å². The van der Waals surface area contributed by atoms with E-state index in [0.717, 1.165) is 0 Å². The Morgan fingerprint density at radius 2 is 1.24 bits per heavy atom. The van der Waals surface area contributed by atoms with Gasteiger partial charge in [0.2, 0.25) is 10.0 Å². The molecule has 0 saturated carbocycles. The Hall–Kier alpha value is -1.24. The highest BCUT2D eigenvalue weighted by atomic mass is 32.2. The first kappa shape index (κ1) is 17.8. The summed E-state index contributed by atoms with van der Waals surface area (Å²) in [5.74, 6) is -10.6. The third-order valence-corrected chi connectivity index (χ3v) is 5.08. The molecule has 6 nitrogen and oxygen atoms in total. The van der Waals surface area contributed by atoms with Crippen molar-refractivity contribution in [3.8, 4) is 0 Å². The second-order valence-corrected chi connectivity index (χ2v) is 7.40. The molecule has 0 heterocycles. The lowest BCUT2D eigenvalue weighted by Gasteiger charge is -2.11. The second kappa shape index (κ2) is 5.87. The lowest BCUT2D eigenvalue weighted by atomic mass is 10.3. The highest BCUT2D eigenvalue weighted by Crippen LogP contribution is 2.30. The molecule has 0 bridgehead atoms. The van der Waals surface area contributed by atoms with E-state index in [-0.39, 0.29) is 0 Å². The van der Waals surface area contributed by atoms with Crippen molar-refractivity contribution >= 4 is 19.9 Å². The predicted molar refractivity (Wildman–Crippen MR) is 61.4 cm³/mol. The highest BCUT2D eigenvalue weighted by molar-refractivity contribution is 7.91. The molecular formula is C9H9F4NO5S2. The first-order chi connectivity index (χ1) is 9.45. The third-order valence-electron chi connectivity index (χ3n) is 2.35. The van der Waals surface area contributed by atoms with Gasteiger partial charge in [0.1, 0.15) is 4.90 Å². The maximum atomic E-state index is 13.6. The van der Waals surface area contributed by atoms with Crippen molar-refractivity contribution < 1.29 is 39.5 Å². The molecule has 0 aliphatic heterocycles. The summed E-state index contributed by atoms with van der Waals surface area (Å²) in [5.41, 5.74) is 0. The number of halogens is 4. The first-order valence-corrected chi connectivity index (χ1v) is 8.37. The Kier molecular flexibility index (Phi) is 4.98. The smallest absolute Gasteiger partial charge is 0.244 e. The van der Waals surface area contributed by atoms with E-state index in [9.17, 15) is 34.4 Å². The van der Waals surface area contributed by atoms with Gasteiger partial charge in [0.25, 0.3) is 0 Å². The number of sulfonamides is 1. The minimum atomic E-state index is -5.15. The van der Waals surface area contributed by atoms with Crippen molar-refractivity contribution in [1.82, 2.24) is 0 Å². The van der Waals surface area contributed by atoms with E-state index in [0.29, 0.717) is 0 Å². The van der Waals surface area contributed by atoms with Crippen LogP contribution in [0.25, 0.3) is 0 Å². The van der Waals surface area contributed by atoms with Crippen molar-refractivity contribution in [1.29, 1.82) is 0 Å². The fourth-order valence-corrected chi connectivity index (χ4v) is 3.59. The minimum absolute atomic E-state index is 0.443. The molecule has 12 heteroatoms. The Labute approximate surface area is 117 Å². The molecule has 120 valence electrons. The number of benzene rings is 1. The molecule has 0 aliphatic rings. The van der Waals surface area contributed by atoms with Gasteiger partial charge in [-0.15, -0.1) is 0 Å². The zero-order chi connectivity index (χ0) is 16.6. The Morgan fingerprint density at radius 3 is 1.57 bits per heavy atom. The normalized spacial score (nSPS) is 12.7. The number of aliphatic hydroxyl groups excluding tert-OH is 1. The molecule has 0 unspecified atom stereocenters. The maximum Gasteiger partial charge on any atom is 0.244 e. The quantitative estimate of drug-likeness (QED) is 0.574. The van der Waals surface area contributed by atoms with Gasteiger partial charge in [-0.2, -0.15) is 0 Å². The number of sulfone groups is 1. The fourth-order valence-electron chi connectivity index (χ4n) is 1.47. The molecule has 0 aromatic heterocycles. The summed E-state index contributed by atoms with van der Waals surface area (Å²) in [5, 5.41) is 12.9. The maximum absolute atomic E-state index is 13.6. The Morgan fingerprint density at radius 1 is 0.857 bits per heavy atom. The average molecular weight is 351 g/mol. The SMILES string of the molecule is NS(=O)(=O)c1c(F)c(F)c(S(=O)(=O)CCCO)c(F)c1F. The van der Waals surface area contributed by atoms with Crippen molar-refractivity contribution in [2.24, 2.45) is 5.14 Å². The molecule has 0 aliphatic carbocycles. The molecule has 21 heavy (non-hydrogen) atoms. The van der Waals surface area contributed by atoms with E-state index >= 15 is 0 Å². The summed E-state index contributed by atoms with van der Waals surface area (Å²) in [6.07, 6.45) is -0.443. The van der Waals surface area contributed by atoms with Crippen LogP contribution in [-0.4, -0.2) is 34.3 Å². The highest BCUT2D eigenvalue weighted by Gasteiger charge is 2.36. The van der Waals surface area contributed by atoms with Gasteiger partial charge in [-0.25, -0.2) is 39.5 Å². The van der Waals surface area contributed by atoms with Gasteiger partial charge >= 0.3 is 0 Å². The summed E-state index contributed by atoms with van der Waals surface area (Å²) in [7, 11) is -9.97. The molecule has 0 amide bonds. The summed E-state index contributed by atoms with van der Waals surface area (Å²) in [6, 6.07) is 0. The summed E-state index contributed by atoms with van der Waals surface area (Å²) in [4.78, 5) is -4.04. The Balaban J connectivity index is 3.75. The van der Waals surface area contributed by atoms with Gasteiger partial charge in [-0.3, -0.25) is 0 Å². The van der Waals surface area contributed by atoms with Crippen molar-refractivity contribution in [2.75, 3.05) is 12.4 Å². The average Bonchev–Trinajstić information content (AvgIpc) is 2.32.